The Morgan fingerprint density at radius 2 is 2.31 bits per heavy atom. The highest BCUT2D eigenvalue weighted by Crippen LogP contribution is 2.28. The smallest absolute Gasteiger partial charge is 0.255 e. The number of hydrogen-bond donors (Lipinski definition) is 1. The molecule has 0 saturated heterocycles. The molecule has 0 fully saturated rings. The summed E-state index contributed by atoms with van der Waals surface area (Å²) in [5, 5.41) is 2.60. The van der Waals surface area contributed by atoms with Crippen LogP contribution in [0.4, 0.5) is 4.39 Å². The lowest BCUT2D eigenvalue weighted by atomic mass is 10.1. The van der Waals surface area contributed by atoms with E-state index in [0.717, 1.165) is 5.56 Å². The zero-order valence-electron chi connectivity index (χ0n) is 7.06. The van der Waals surface area contributed by atoms with Crippen molar-refractivity contribution in [3.63, 3.8) is 0 Å². The molecule has 1 aliphatic rings. The molecule has 1 amide bonds. The van der Waals surface area contributed by atoms with Crippen LogP contribution in [0.15, 0.2) is 12.1 Å². The Balaban J connectivity index is 2.67. The predicted molar refractivity (Wildman–Crippen MR) is 44.1 cm³/mol. The van der Waals surface area contributed by atoms with Gasteiger partial charge in [-0.05, 0) is 11.6 Å². The molecule has 0 atom stereocenters. The van der Waals surface area contributed by atoms with Crippen LogP contribution in [0.25, 0.3) is 0 Å². The summed E-state index contributed by atoms with van der Waals surface area (Å²) in [5.74, 6) is -0.739. The van der Waals surface area contributed by atoms with E-state index >= 15 is 0 Å². The van der Waals surface area contributed by atoms with Crippen LogP contribution < -0.4 is 10.1 Å². The summed E-state index contributed by atoms with van der Waals surface area (Å²) >= 11 is 0. The van der Waals surface area contributed by atoms with Crippen LogP contribution in [0.2, 0.25) is 0 Å². The molecule has 1 heterocycles. The molecule has 0 bridgehead atoms. The molecular formula is C9H8FNO2. The van der Waals surface area contributed by atoms with E-state index in [9.17, 15) is 9.18 Å². The molecule has 1 aromatic carbocycles. The summed E-state index contributed by atoms with van der Waals surface area (Å²) < 4.78 is 17.9. The maximum atomic E-state index is 13.1. The van der Waals surface area contributed by atoms with E-state index in [1.165, 1.54) is 13.2 Å². The number of carbonyl (C=O) groups is 1. The molecule has 13 heavy (non-hydrogen) atoms. The Kier molecular flexibility index (Phi) is 1.69. The number of amides is 1. The van der Waals surface area contributed by atoms with Gasteiger partial charge in [-0.1, -0.05) is 6.07 Å². The number of carbonyl (C=O) groups excluding carboxylic acids is 1. The Labute approximate surface area is 74.5 Å². The Morgan fingerprint density at radius 1 is 1.54 bits per heavy atom. The van der Waals surface area contributed by atoms with E-state index in [1.54, 1.807) is 6.07 Å². The minimum Gasteiger partial charge on any atom is -0.493 e. The summed E-state index contributed by atoms with van der Waals surface area (Å²) in [7, 11) is 1.35. The minimum atomic E-state index is -0.502. The first-order chi connectivity index (χ1) is 6.24. The average Bonchev–Trinajstić information content (AvgIpc) is 2.49. The van der Waals surface area contributed by atoms with Gasteiger partial charge in [-0.2, -0.15) is 0 Å². The number of ether oxygens (including phenoxy) is 1. The molecule has 0 radical (unpaired) electrons. The molecule has 1 aliphatic heterocycles. The van der Waals surface area contributed by atoms with Crippen molar-refractivity contribution in [3.05, 3.63) is 29.1 Å². The number of fused-ring (bicyclic) bond motifs is 1. The van der Waals surface area contributed by atoms with E-state index in [4.69, 9.17) is 4.74 Å². The molecule has 0 aliphatic carbocycles. The van der Waals surface area contributed by atoms with E-state index in [2.05, 4.69) is 5.32 Å². The number of halogens is 1. The quantitative estimate of drug-likeness (QED) is 0.704. The summed E-state index contributed by atoms with van der Waals surface area (Å²) in [6.07, 6.45) is 0. The van der Waals surface area contributed by atoms with Crippen LogP contribution in [0, 0.1) is 5.82 Å². The van der Waals surface area contributed by atoms with Gasteiger partial charge in [0, 0.05) is 6.54 Å². The van der Waals surface area contributed by atoms with Crippen molar-refractivity contribution < 1.29 is 13.9 Å². The van der Waals surface area contributed by atoms with Crippen LogP contribution in [0.3, 0.4) is 0 Å². The fraction of sp³-hybridized carbons (Fsp3) is 0.222. The van der Waals surface area contributed by atoms with Crippen LogP contribution in [-0.4, -0.2) is 13.0 Å². The highest BCUT2D eigenvalue weighted by molar-refractivity contribution is 6.00. The monoisotopic (exact) mass is 181 g/mol. The highest BCUT2D eigenvalue weighted by Gasteiger charge is 2.25. The van der Waals surface area contributed by atoms with Gasteiger partial charge in [-0.15, -0.1) is 0 Å². The van der Waals surface area contributed by atoms with Gasteiger partial charge in [-0.25, -0.2) is 4.39 Å². The van der Waals surface area contributed by atoms with Crippen molar-refractivity contribution in [2.45, 2.75) is 6.54 Å². The first kappa shape index (κ1) is 8.04. The number of hydrogen-bond acceptors (Lipinski definition) is 2. The molecule has 1 N–H and O–H groups in total. The molecule has 0 spiro atoms. The van der Waals surface area contributed by atoms with Crippen molar-refractivity contribution in [1.29, 1.82) is 0 Å². The second-order valence-electron chi connectivity index (χ2n) is 2.80. The highest BCUT2D eigenvalue weighted by atomic mass is 19.1. The minimum absolute atomic E-state index is 0.0347. The normalized spacial score (nSPS) is 13.8. The third kappa shape index (κ3) is 1.06. The molecule has 0 aromatic heterocycles. The van der Waals surface area contributed by atoms with Crippen molar-refractivity contribution in [1.82, 2.24) is 5.32 Å². The molecule has 68 valence electrons. The van der Waals surface area contributed by atoms with Crippen LogP contribution >= 0.6 is 0 Å². The predicted octanol–water partition coefficient (Wildman–Crippen LogP) is 1.08. The SMILES string of the molecule is COc1c(F)ccc2c1C(=O)NC2. The average molecular weight is 181 g/mol. The van der Waals surface area contributed by atoms with E-state index in [0.29, 0.717) is 12.1 Å². The fourth-order valence-corrected chi connectivity index (χ4v) is 1.46. The lowest BCUT2D eigenvalue weighted by Crippen LogP contribution is -2.13. The first-order valence-corrected chi connectivity index (χ1v) is 3.87. The second kappa shape index (κ2) is 2.73. The van der Waals surface area contributed by atoms with E-state index < -0.39 is 5.82 Å². The van der Waals surface area contributed by atoms with Gasteiger partial charge in [0.05, 0.1) is 12.7 Å². The maximum absolute atomic E-state index is 13.1. The fourth-order valence-electron chi connectivity index (χ4n) is 1.46. The number of nitrogens with one attached hydrogen (secondary N) is 1. The molecule has 0 saturated carbocycles. The Morgan fingerprint density at radius 3 is 3.00 bits per heavy atom. The molecular weight excluding hydrogens is 173 g/mol. The van der Waals surface area contributed by atoms with Crippen LogP contribution in [-0.2, 0) is 6.54 Å². The first-order valence-electron chi connectivity index (χ1n) is 3.87. The number of benzene rings is 1. The maximum Gasteiger partial charge on any atom is 0.255 e. The largest absolute Gasteiger partial charge is 0.493 e. The van der Waals surface area contributed by atoms with Crippen LogP contribution in [0.1, 0.15) is 15.9 Å². The Hall–Kier alpha value is -1.58. The summed E-state index contributed by atoms with van der Waals surface area (Å²) in [6, 6.07) is 2.89. The molecule has 1 aromatic rings. The van der Waals surface area contributed by atoms with Crippen molar-refractivity contribution >= 4 is 5.91 Å². The summed E-state index contributed by atoms with van der Waals surface area (Å²) in [5.41, 5.74) is 1.10. The van der Waals surface area contributed by atoms with Gasteiger partial charge in [0.2, 0.25) is 0 Å². The number of methoxy groups -OCH3 is 1. The third-order valence-electron chi connectivity index (χ3n) is 2.07. The lowest BCUT2D eigenvalue weighted by molar-refractivity contribution is 0.0962. The van der Waals surface area contributed by atoms with Gasteiger partial charge in [0.1, 0.15) is 0 Å². The zero-order valence-corrected chi connectivity index (χ0v) is 7.06. The van der Waals surface area contributed by atoms with Gasteiger partial charge in [0.25, 0.3) is 5.91 Å². The molecule has 3 nitrogen and oxygen atoms in total. The molecule has 0 unspecified atom stereocenters. The van der Waals surface area contributed by atoms with Gasteiger partial charge < -0.3 is 10.1 Å². The van der Waals surface area contributed by atoms with Crippen LogP contribution in [0.5, 0.6) is 5.75 Å². The third-order valence-corrected chi connectivity index (χ3v) is 2.07. The van der Waals surface area contributed by atoms with Crippen molar-refractivity contribution in [2.24, 2.45) is 0 Å². The van der Waals surface area contributed by atoms with Gasteiger partial charge in [0.15, 0.2) is 11.6 Å². The van der Waals surface area contributed by atoms with Crippen molar-refractivity contribution in [2.75, 3.05) is 7.11 Å². The van der Waals surface area contributed by atoms with Gasteiger partial charge in [-0.3, -0.25) is 4.79 Å². The topological polar surface area (TPSA) is 38.3 Å². The summed E-state index contributed by atoms with van der Waals surface area (Å²) in [4.78, 5) is 11.2. The second-order valence-corrected chi connectivity index (χ2v) is 2.80. The molecule has 4 heteroatoms. The van der Waals surface area contributed by atoms with E-state index in [-0.39, 0.29) is 11.7 Å². The lowest BCUT2D eigenvalue weighted by Gasteiger charge is -2.05. The number of rotatable bonds is 1. The standard InChI is InChI=1S/C9H8FNO2/c1-13-8-6(10)3-2-5-4-11-9(12)7(5)8/h2-3H,4H2,1H3,(H,11,12). The van der Waals surface area contributed by atoms with Gasteiger partial charge >= 0.3 is 0 Å². The Bertz CT molecular complexity index is 376. The van der Waals surface area contributed by atoms with E-state index in [1.807, 2.05) is 0 Å². The molecule has 2 rings (SSSR count). The zero-order chi connectivity index (χ0) is 9.42. The summed E-state index contributed by atoms with van der Waals surface area (Å²) in [6.45, 7) is 0.449. The van der Waals surface area contributed by atoms with Crippen molar-refractivity contribution in [3.8, 4) is 5.75 Å².